The van der Waals surface area contributed by atoms with Gasteiger partial charge in [-0.3, -0.25) is 9.59 Å². The van der Waals surface area contributed by atoms with Crippen molar-refractivity contribution in [1.82, 2.24) is 24.8 Å². The monoisotopic (exact) mass is 495 g/mol. The lowest BCUT2D eigenvalue weighted by Gasteiger charge is -2.29. The Hall–Kier alpha value is -4.20. The van der Waals surface area contributed by atoms with Crippen LogP contribution < -0.4 is 10.1 Å². The Morgan fingerprint density at radius 1 is 1.05 bits per heavy atom. The smallest absolute Gasteiger partial charge is 0.275 e. The van der Waals surface area contributed by atoms with Crippen molar-refractivity contribution < 1.29 is 14.3 Å². The summed E-state index contributed by atoms with van der Waals surface area (Å²) in [6, 6.07) is 19.2. The molecule has 0 spiro atoms. The maximum atomic E-state index is 13.7. The lowest BCUT2D eigenvalue weighted by molar-refractivity contribution is -0.125. The molecular formula is C29H29N5O3. The van der Waals surface area contributed by atoms with Gasteiger partial charge in [0.1, 0.15) is 17.9 Å². The number of ether oxygens (including phenoxy) is 1. The molecule has 0 radical (unpaired) electrons. The van der Waals surface area contributed by atoms with Crippen molar-refractivity contribution in [3.8, 4) is 5.75 Å². The molecule has 188 valence electrons. The number of fused-ring (bicyclic) bond motifs is 2. The molecule has 1 fully saturated rings. The SMILES string of the molecule is O=C1NCCCC[C@@H]1N(Cc1ccc(OC2Cc3ccccc3C2)cc1)C(=O)c1cc2ncccn2n1. The fourth-order valence-electron chi connectivity index (χ4n) is 5.29. The first-order chi connectivity index (χ1) is 18.1. The van der Waals surface area contributed by atoms with Crippen molar-refractivity contribution in [2.24, 2.45) is 0 Å². The Balaban J connectivity index is 1.21. The molecule has 6 rings (SSSR count). The first-order valence-corrected chi connectivity index (χ1v) is 12.9. The molecule has 2 aromatic heterocycles. The van der Waals surface area contributed by atoms with Crippen LogP contribution in [-0.2, 0) is 24.2 Å². The number of benzene rings is 2. The molecule has 2 aromatic carbocycles. The Labute approximate surface area is 215 Å². The molecule has 1 N–H and O–H groups in total. The molecule has 3 heterocycles. The van der Waals surface area contributed by atoms with E-state index in [1.54, 1.807) is 33.9 Å². The maximum Gasteiger partial charge on any atom is 0.275 e. The highest BCUT2D eigenvalue weighted by Gasteiger charge is 2.33. The molecule has 4 aromatic rings. The van der Waals surface area contributed by atoms with Gasteiger partial charge in [-0.2, -0.15) is 5.10 Å². The molecule has 37 heavy (non-hydrogen) atoms. The van der Waals surface area contributed by atoms with E-state index in [1.807, 2.05) is 24.3 Å². The number of hydrogen-bond acceptors (Lipinski definition) is 5. The standard InChI is InChI=1S/C29H29N5O3/c35-28-26(8-3-4-13-31-28)33(29(36)25-18-27-30-14-5-15-34(27)32-25)19-20-9-11-23(12-10-20)37-24-16-21-6-1-2-7-22(21)17-24/h1-2,5-7,9-12,14-15,18,24,26H,3-4,8,13,16-17,19H2,(H,31,35)/t26-/m0/s1. The summed E-state index contributed by atoms with van der Waals surface area (Å²) in [6.45, 7) is 0.931. The van der Waals surface area contributed by atoms with Crippen molar-refractivity contribution in [3.05, 3.63) is 95.4 Å². The van der Waals surface area contributed by atoms with Crippen LogP contribution in [0.15, 0.2) is 73.1 Å². The summed E-state index contributed by atoms with van der Waals surface area (Å²) in [7, 11) is 0. The van der Waals surface area contributed by atoms with Gasteiger partial charge < -0.3 is 15.0 Å². The number of aromatic nitrogens is 3. The molecule has 0 bridgehead atoms. The van der Waals surface area contributed by atoms with Crippen LogP contribution in [0.5, 0.6) is 5.75 Å². The lowest BCUT2D eigenvalue weighted by atomic mass is 10.1. The summed E-state index contributed by atoms with van der Waals surface area (Å²) in [5.74, 6) is 0.406. The van der Waals surface area contributed by atoms with Gasteiger partial charge in [0, 0.05) is 44.4 Å². The van der Waals surface area contributed by atoms with E-state index in [0.29, 0.717) is 25.2 Å². The van der Waals surface area contributed by atoms with Gasteiger partial charge in [0.05, 0.1) is 0 Å². The predicted octanol–water partition coefficient (Wildman–Crippen LogP) is 3.59. The zero-order valence-electron chi connectivity index (χ0n) is 20.5. The molecule has 0 saturated carbocycles. The van der Waals surface area contributed by atoms with E-state index >= 15 is 0 Å². The Morgan fingerprint density at radius 3 is 2.59 bits per heavy atom. The zero-order valence-corrected chi connectivity index (χ0v) is 20.5. The summed E-state index contributed by atoms with van der Waals surface area (Å²) >= 11 is 0. The van der Waals surface area contributed by atoms with Gasteiger partial charge in [0.25, 0.3) is 5.91 Å². The first kappa shape index (κ1) is 23.2. The number of amides is 2. The summed E-state index contributed by atoms with van der Waals surface area (Å²) in [4.78, 5) is 32.5. The summed E-state index contributed by atoms with van der Waals surface area (Å²) in [6.07, 6.45) is 7.75. The van der Waals surface area contributed by atoms with Crippen molar-refractivity contribution in [2.45, 2.75) is 50.8 Å². The Morgan fingerprint density at radius 2 is 1.84 bits per heavy atom. The van der Waals surface area contributed by atoms with E-state index in [4.69, 9.17) is 4.74 Å². The zero-order chi connectivity index (χ0) is 25.2. The van der Waals surface area contributed by atoms with Crippen LogP contribution in [-0.4, -0.2) is 50.0 Å². The Bertz CT molecular complexity index is 1370. The van der Waals surface area contributed by atoms with E-state index in [2.05, 4.69) is 39.7 Å². The fourth-order valence-corrected chi connectivity index (χ4v) is 5.29. The van der Waals surface area contributed by atoms with Gasteiger partial charge in [-0.25, -0.2) is 9.50 Å². The second kappa shape index (κ2) is 10.0. The van der Waals surface area contributed by atoms with Gasteiger partial charge in [0.2, 0.25) is 5.91 Å². The maximum absolute atomic E-state index is 13.7. The van der Waals surface area contributed by atoms with Crippen LogP contribution in [0.3, 0.4) is 0 Å². The van der Waals surface area contributed by atoms with Crippen LogP contribution in [0, 0.1) is 0 Å². The van der Waals surface area contributed by atoms with Crippen LogP contribution in [0.1, 0.15) is 46.4 Å². The van der Waals surface area contributed by atoms with E-state index in [-0.39, 0.29) is 23.6 Å². The average Bonchev–Trinajstić information content (AvgIpc) is 3.47. The fraction of sp³-hybridized carbons (Fsp3) is 0.310. The van der Waals surface area contributed by atoms with Crippen molar-refractivity contribution in [2.75, 3.05) is 6.54 Å². The van der Waals surface area contributed by atoms with Crippen molar-refractivity contribution >= 4 is 17.5 Å². The van der Waals surface area contributed by atoms with E-state index in [1.165, 1.54) is 11.1 Å². The predicted molar refractivity (Wildman–Crippen MR) is 138 cm³/mol. The number of carbonyl (C=O) groups is 2. The largest absolute Gasteiger partial charge is 0.490 e. The minimum absolute atomic E-state index is 0.117. The second-order valence-electron chi connectivity index (χ2n) is 9.75. The summed E-state index contributed by atoms with van der Waals surface area (Å²) in [5.41, 5.74) is 4.49. The molecule has 1 saturated heterocycles. The molecule has 8 heteroatoms. The highest BCUT2D eigenvalue weighted by Crippen LogP contribution is 2.26. The first-order valence-electron chi connectivity index (χ1n) is 12.9. The van der Waals surface area contributed by atoms with E-state index < -0.39 is 6.04 Å². The summed E-state index contributed by atoms with van der Waals surface area (Å²) in [5, 5.41) is 7.38. The Kier molecular flexibility index (Phi) is 6.30. The molecule has 1 atom stereocenters. The highest BCUT2D eigenvalue weighted by molar-refractivity contribution is 5.97. The minimum Gasteiger partial charge on any atom is -0.490 e. The number of nitrogens with zero attached hydrogens (tertiary/aromatic N) is 4. The minimum atomic E-state index is -0.555. The van der Waals surface area contributed by atoms with Crippen molar-refractivity contribution in [3.63, 3.8) is 0 Å². The third kappa shape index (κ3) is 4.91. The van der Waals surface area contributed by atoms with Gasteiger partial charge in [-0.05, 0) is 54.2 Å². The number of nitrogens with one attached hydrogen (secondary N) is 1. The normalized spacial score (nSPS) is 17.7. The van der Waals surface area contributed by atoms with Crippen molar-refractivity contribution in [1.29, 1.82) is 0 Å². The molecule has 2 amide bonds. The topological polar surface area (TPSA) is 88.8 Å². The molecule has 2 aliphatic rings. The highest BCUT2D eigenvalue weighted by atomic mass is 16.5. The average molecular weight is 496 g/mol. The van der Waals surface area contributed by atoms with Gasteiger partial charge in [-0.1, -0.05) is 36.4 Å². The van der Waals surface area contributed by atoms with Gasteiger partial charge >= 0.3 is 0 Å². The lowest BCUT2D eigenvalue weighted by Crippen LogP contribution is -2.48. The van der Waals surface area contributed by atoms with Gasteiger partial charge in [0.15, 0.2) is 11.3 Å². The van der Waals surface area contributed by atoms with Gasteiger partial charge in [-0.15, -0.1) is 0 Å². The number of hydrogen-bond donors (Lipinski definition) is 1. The van der Waals surface area contributed by atoms with E-state index in [9.17, 15) is 9.59 Å². The molecular weight excluding hydrogens is 466 g/mol. The third-order valence-corrected chi connectivity index (χ3v) is 7.19. The quantitative estimate of drug-likeness (QED) is 0.442. The molecule has 1 aliphatic heterocycles. The van der Waals surface area contributed by atoms with Crippen LogP contribution in [0.2, 0.25) is 0 Å². The molecule has 0 unspecified atom stereocenters. The molecule has 1 aliphatic carbocycles. The third-order valence-electron chi connectivity index (χ3n) is 7.19. The van der Waals surface area contributed by atoms with E-state index in [0.717, 1.165) is 37.0 Å². The number of rotatable bonds is 6. The molecule has 8 nitrogen and oxygen atoms in total. The summed E-state index contributed by atoms with van der Waals surface area (Å²) < 4.78 is 7.83. The van der Waals surface area contributed by atoms with Crippen LogP contribution in [0.25, 0.3) is 5.65 Å². The van der Waals surface area contributed by atoms with Crippen LogP contribution in [0.4, 0.5) is 0 Å². The number of carbonyl (C=O) groups excluding carboxylic acids is 2. The van der Waals surface area contributed by atoms with Crippen LogP contribution >= 0.6 is 0 Å². The second-order valence-corrected chi connectivity index (χ2v) is 9.75.